The van der Waals surface area contributed by atoms with Crippen molar-refractivity contribution in [2.75, 3.05) is 0 Å². The SMILES string of the molecule is CCCCCCCCCCC=CC1C(=O)OC(=O)C1C=CCCCCCCCCCCCC. The van der Waals surface area contributed by atoms with E-state index in [9.17, 15) is 9.59 Å². The van der Waals surface area contributed by atoms with E-state index in [0.717, 1.165) is 25.7 Å². The van der Waals surface area contributed by atoms with Gasteiger partial charge in [0.2, 0.25) is 0 Å². The maximum absolute atomic E-state index is 12.1. The van der Waals surface area contributed by atoms with Crippen molar-refractivity contribution in [3.05, 3.63) is 24.3 Å². The van der Waals surface area contributed by atoms with Crippen LogP contribution >= 0.6 is 0 Å². The molecule has 0 aromatic rings. The smallest absolute Gasteiger partial charge is 0.321 e. The van der Waals surface area contributed by atoms with Gasteiger partial charge in [0.1, 0.15) is 0 Å². The quantitative estimate of drug-likeness (QED) is 0.0699. The van der Waals surface area contributed by atoms with E-state index < -0.39 is 11.8 Å². The predicted molar refractivity (Wildman–Crippen MR) is 140 cm³/mol. The first-order chi connectivity index (χ1) is 16.2. The Morgan fingerprint density at radius 2 is 0.818 bits per heavy atom. The molecule has 1 rings (SSSR count). The van der Waals surface area contributed by atoms with E-state index in [1.807, 2.05) is 12.2 Å². The molecular formula is C30H52O3. The normalized spacial score (nSPS) is 18.7. The summed E-state index contributed by atoms with van der Waals surface area (Å²) in [5, 5.41) is 0. The van der Waals surface area contributed by atoms with Crippen molar-refractivity contribution in [2.24, 2.45) is 11.8 Å². The molecule has 1 heterocycles. The third-order valence-corrected chi connectivity index (χ3v) is 6.77. The Labute approximate surface area is 204 Å². The van der Waals surface area contributed by atoms with Crippen LogP contribution in [0.25, 0.3) is 0 Å². The maximum Gasteiger partial charge on any atom is 0.321 e. The number of hydrogen-bond acceptors (Lipinski definition) is 3. The molecule has 0 aromatic heterocycles. The molecule has 0 aliphatic carbocycles. The van der Waals surface area contributed by atoms with E-state index >= 15 is 0 Å². The summed E-state index contributed by atoms with van der Waals surface area (Å²) in [4.78, 5) is 24.2. The Hall–Kier alpha value is -1.38. The van der Waals surface area contributed by atoms with Gasteiger partial charge in [-0.3, -0.25) is 9.59 Å². The molecule has 2 atom stereocenters. The van der Waals surface area contributed by atoms with Crippen LogP contribution in [-0.2, 0) is 14.3 Å². The Kier molecular flexibility index (Phi) is 19.0. The molecule has 2 unspecified atom stereocenters. The molecular weight excluding hydrogens is 408 g/mol. The van der Waals surface area contributed by atoms with E-state index in [0.29, 0.717) is 0 Å². The minimum absolute atomic E-state index is 0.388. The third-order valence-electron chi connectivity index (χ3n) is 6.77. The fraction of sp³-hybridized carbons (Fsp3) is 0.800. The molecule has 3 nitrogen and oxygen atoms in total. The average Bonchev–Trinajstić information content (AvgIpc) is 3.08. The van der Waals surface area contributed by atoms with E-state index in [2.05, 4.69) is 26.0 Å². The lowest BCUT2D eigenvalue weighted by molar-refractivity contribution is -0.153. The second-order valence-corrected chi connectivity index (χ2v) is 9.88. The van der Waals surface area contributed by atoms with Crippen LogP contribution in [0.3, 0.4) is 0 Å². The molecule has 1 saturated heterocycles. The Morgan fingerprint density at radius 3 is 1.15 bits per heavy atom. The summed E-state index contributed by atoms with van der Waals surface area (Å²) in [6.07, 6.45) is 33.6. The van der Waals surface area contributed by atoms with Gasteiger partial charge in [-0.1, -0.05) is 141 Å². The van der Waals surface area contributed by atoms with Gasteiger partial charge in [0.15, 0.2) is 0 Å². The topological polar surface area (TPSA) is 43.4 Å². The first-order valence-electron chi connectivity index (χ1n) is 14.3. The molecule has 0 bridgehead atoms. The molecule has 3 heteroatoms. The highest BCUT2D eigenvalue weighted by molar-refractivity contribution is 5.98. The molecule has 0 amide bonds. The van der Waals surface area contributed by atoms with Crippen molar-refractivity contribution < 1.29 is 14.3 Å². The van der Waals surface area contributed by atoms with Gasteiger partial charge in [0.25, 0.3) is 0 Å². The average molecular weight is 461 g/mol. The molecule has 1 aliphatic heterocycles. The Morgan fingerprint density at radius 1 is 0.515 bits per heavy atom. The monoisotopic (exact) mass is 460 g/mol. The van der Waals surface area contributed by atoms with Gasteiger partial charge in [-0.15, -0.1) is 0 Å². The molecule has 0 radical (unpaired) electrons. The second-order valence-electron chi connectivity index (χ2n) is 9.88. The van der Waals surface area contributed by atoms with Gasteiger partial charge < -0.3 is 4.74 Å². The maximum atomic E-state index is 12.1. The van der Waals surface area contributed by atoms with Crippen LogP contribution in [0.4, 0.5) is 0 Å². The van der Waals surface area contributed by atoms with Crippen molar-refractivity contribution in [3.63, 3.8) is 0 Å². The zero-order valence-electron chi connectivity index (χ0n) is 21.8. The molecule has 0 saturated carbocycles. The highest BCUT2D eigenvalue weighted by Crippen LogP contribution is 2.27. The zero-order chi connectivity index (χ0) is 24.0. The van der Waals surface area contributed by atoms with Gasteiger partial charge in [0.05, 0.1) is 11.8 Å². The van der Waals surface area contributed by atoms with Gasteiger partial charge in [-0.2, -0.15) is 0 Å². The van der Waals surface area contributed by atoms with Crippen LogP contribution in [0.5, 0.6) is 0 Å². The van der Waals surface area contributed by atoms with Crippen molar-refractivity contribution in [1.82, 2.24) is 0 Å². The van der Waals surface area contributed by atoms with Crippen LogP contribution in [0.15, 0.2) is 24.3 Å². The zero-order valence-corrected chi connectivity index (χ0v) is 21.8. The fourth-order valence-corrected chi connectivity index (χ4v) is 4.56. The summed E-state index contributed by atoms with van der Waals surface area (Å²) in [6.45, 7) is 4.51. The number of carbonyl (C=O) groups excluding carboxylic acids is 2. The van der Waals surface area contributed by atoms with E-state index in [4.69, 9.17) is 4.74 Å². The molecule has 1 fully saturated rings. The lowest BCUT2D eigenvalue weighted by Crippen LogP contribution is -2.13. The minimum Gasteiger partial charge on any atom is -0.392 e. The lowest BCUT2D eigenvalue weighted by Gasteiger charge is -2.05. The summed E-state index contributed by atoms with van der Waals surface area (Å²) >= 11 is 0. The largest absolute Gasteiger partial charge is 0.392 e. The van der Waals surface area contributed by atoms with Gasteiger partial charge in [-0.05, 0) is 25.7 Å². The second kappa shape index (κ2) is 21.2. The summed E-state index contributed by atoms with van der Waals surface area (Å²) in [7, 11) is 0. The van der Waals surface area contributed by atoms with Crippen LogP contribution < -0.4 is 0 Å². The molecule has 0 aromatic carbocycles. The number of unbranched alkanes of at least 4 members (excludes halogenated alkanes) is 18. The van der Waals surface area contributed by atoms with Crippen LogP contribution in [0, 0.1) is 11.8 Å². The van der Waals surface area contributed by atoms with Crippen LogP contribution in [0.1, 0.15) is 142 Å². The molecule has 33 heavy (non-hydrogen) atoms. The van der Waals surface area contributed by atoms with E-state index in [1.165, 1.54) is 103 Å². The van der Waals surface area contributed by atoms with Crippen LogP contribution in [0.2, 0.25) is 0 Å². The number of hydrogen-bond donors (Lipinski definition) is 0. The van der Waals surface area contributed by atoms with E-state index in [1.54, 1.807) is 0 Å². The highest BCUT2D eigenvalue weighted by atomic mass is 16.6. The molecule has 190 valence electrons. The van der Waals surface area contributed by atoms with Crippen LogP contribution in [-0.4, -0.2) is 11.9 Å². The predicted octanol–water partition coefficient (Wildman–Crippen LogP) is 9.26. The lowest BCUT2D eigenvalue weighted by atomic mass is 9.93. The van der Waals surface area contributed by atoms with Crippen molar-refractivity contribution in [1.29, 1.82) is 0 Å². The summed E-state index contributed by atoms with van der Waals surface area (Å²) in [6, 6.07) is 0. The first-order valence-corrected chi connectivity index (χ1v) is 14.3. The van der Waals surface area contributed by atoms with Gasteiger partial charge in [-0.25, -0.2) is 0 Å². The first kappa shape index (κ1) is 29.7. The summed E-state index contributed by atoms with van der Waals surface area (Å²) in [5.74, 6) is -1.65. The molecule has 1 aliphatic rings. The number of carbonyl (C=O) groups is 2. The number of rotatable bonds is 22. The number of ether oxygens (including phenoxy) is 1. The number of esters is 2. The summed E-state index contributed by atoms with van der Waals surface area (Å²) in [5.41, 5.74) is 0. The molecule has 0 spiro atoms. The standard InChI is InChI=1S/C30H52O3/c1-3-5-7-9-11-13-15-16-18-20-22-24-26-28-27(29(31)33-30(28)32)25-23-21-19-17-14-12-10-8-6-4-2/h23-28H,3-22H2,1-2H3. The van der Waals surface area contributed by atoms with E-state index in [-0.39, 0.29) is 11.9 Å². The Bertz CT molecular complexity index is 549. The van der Waals surface area contributed by atoms with Crippen molar-refractivity contribution >= 4 is 11.9 Å². The van der Waals surface area contributed by atoms with Crippen molar-refractivity contribution in [3.8, 4) is 0 Å². The highest BCUT2D eigenvalue weighted by Gasteiger charge is 2.40. The molecule has 0 N–H and O–H groups in total. The van der Waals surface area contributed by atoms with Crippen molar-refractivity contribution in [2.45, 2.75) is 142 Å². The fourth-order valence-electron chi connectivity index (χ4n) is 4.56. The Balaban J connectivity index is 2.14. The minimum atomic E-state index is -0.435. The number of allylic oxidation sites excluding steroid dienone is 2. The third kappa shape index (κ3) is 15.2. The summed E-state index contributed by atoms with van der Waals surface area (Å²) < 4.78 is 4.91. The van der Waals surface area contributed by atoms with Gasteiger partial charge >= 0.3 is 11.9 Å². The number of cyclic esters (lactones) is 2. The van der Waals surface area contributed by atoms with Gasteiger partial charge in [0, 0.05) is 0 Å².